The first-order valence-corrected chi connectivity index (χ1v) is 10.1. The zero-order chi connectivity index (χ0) is 21.4. The van der Waals surface area contributed by atoms with Crippen LogP contribution in [0.3, 0.4) is 0 Å². The minimum atomic E-state index is -0.421. The molecule has 8 heteroatoms. The molecule has 0 aliphatic heterocycles. The summed E-state index contributed by atoms with van der Waals surface area (Å²) in [5.74, 6) is 0.249. The Hall–Kier alpha value is -2.44. The number of rotatable bonds is 9. The molecule has 6 nitrogen and oxygen atoms in total. The monoisotopic (exact) mass is 438 g/mol. The van der Waals surface area contributed by atoms with Crippen molar-refractivity contribution in [1.29, 1.82) is 0 Å². The normalized spacial score (nSPS) is 10.4. The quantitative estimate of drug-likeness (QED) is 0.519. The largest absolute Gasteiger partial charge is 0.490 e. The molecule has 2 aromatic carbocycles. The molecule has 0 atom stereocenters. The van der Waals surface area contributed by atoms with Gasteiger partial charge in [-0.3, -0.25) is 9.59 Å². The first kappa shape index (κ1) is 22.8. The Morgan fingerprint density at radius 3 is 2.38 bits per heavy atom. The average molecular weight is 439 g/mol. The summed E-state index contributed by atoms with van der Waals surface area (Å²) in [6.45, 7) is 6.45. The number of anilines is 2. The fourth-order valence-corrected chi connectivity index (χ4v) is 2.88. The predicted octanol–water partition coefficient (Wildman–Crippen LogP) is 5.78. The van der Waals surface area contributed by atoms with Crippen molar-refractivity contribution in [2.75, 3.05) is 23.8 Å². The molecule has 156 valence electrons. The van der Waals surface area contributed by atoms with E-state index in [1.54, 1.807) is 31.2 Å². The molecular formula is C21H24Cl2N2O4. The molecule has 2 amide bonds. The van der Waals surface area contributed by atoms with E-state index in [0.717, 1.165) is 6.42 Å². The van der Waals surface area contributed by atoms with Crippen LogP contribution < -0.4 is 20.1 Å². The van der Waals surface area contributed by atoms with Crippen molar-refractivity contribution < 1.29 is 19.1 Å². The van der Waals surface area contributed by atoms with Gasteiger partial charge in [0.25, 0.3) is 5.91 Å². The molecule has 0 bridgehead atoms. The number of halogens is 2. The summed E-state index contributed by atoms with van der Waals surface area (Å²) in [6.07, 6.45) is 1.16. The third-order valence-corrected chi connectivity index (χ3v) is 4.45. The molecule has 0 radical (unpaired) electrons. The summed E-state index contributed by atoms with van der Waals surface area (Å²) in [6, 6.07) is 7.95. The zero-order valence-corrected chi connectivity index (χ0v) is 18.1. The number of carbonyl (C=O) groups is 2. The van der Waals surface area contributed by atoms with Crippen molar-refractivity contribution >= 4 is 46.4 Å². The highest BCUT2D eigenvalue weighted by Crippen LogP contribution is 2.37. The number of hydrogen-bond acceptors (Lipinski definition) is 4. The summed E-state index contributed by atoms with van der Waals surface area (Å²) in [7, 11) is 0. The van der Waals surface area contributed by atoms with Gasteiger partial charge < -0.3 is 20.1 Å². The Labute approximate surface area is 180 Å². The van der Waals surface area contributed by atoms with E-state index in [-0.39, 0.29) is 10.9 Å². The molecule has 2 rings (SSSR count). The minimum Gasteiger partial charge on any atom is -0.490 e. The van der Waals surface area contributed by atoms with E-state index in [1.165, 1.54) is 6.07 Å². The molecule has 2 N–H and O–H groups in total. The van der Waals surface area contributed by atoms with E-state index in [9.17, 15) is 9.59 Å². The second-order valence-corrected chi connectivity index (χ2v) is 6.93. The lowest BCUT2D eigenvalue weighted by molar-refractivity contribution is -0.115. The Bertz CT molecular complexity index is 887. The SMILES string of the molecule is CCCOc1c(Cl)cc(C(=O)Nc2cc(NC(=O)CC)ccc2Cl)cc1OCC. The van der Waals surface area contributed by atoms with Gasteiger partial charge in [0.15, 0.2) is 11.5 Å². The van der Waals surface area contributed by atoms with E-state index in [0.29, 0.717) is 53.1 Å². The van der Waals surface area contributed by atoms with E-state index < -0.39 is 5.91 Å². The fourth-order valence-electron chi connectivity index (χ4n) is 2.45. The Morgan fingerprint density at radius 1 is 0.966 bits per heavy atom. The molecule has 0 saturated carbocycles. The number of amides is 2. The van der Waals surface area contributed by atoms with Crippen LogP contribution in [0.2, 0.25) is 10.0 Å². The van der Waals surface area contributed by atoms with Gasteiger partial charge >= 0.3 is 0 Å². The van der Waals surface area contributed by atoms with Crippen molar-refractivity contribution in [1.82, 2.24) is 0 Å². The van der Waals surface area contributed by atoms with Gasteiger partial charge in [-0.25, -0.2) is 0 Å². The molecule has 0 heterocycles. The van der Waals surface area contributed by atoms with Crippen molar-refractivity contribution in [2.45, 2.75) is 33.6 Å². The molecule has 0 aliphatic carbocycles. The Balaban J connectivity index is 2.28. The van der Waals surface area contributed by atoms with Crippen LogP contribution in [0.15, 0.2) is 30.3 Å². The maximum Gasteiger partial charge on any atom is 0.255 e. The van der Waals surface area contributed by atoms with Crippen LogP contribution in [0.25, 0.3) is 0 Å². The molecule has 0 aromatic heterocycles. The van der Waals surface area contributed by atoms with Gasteiger partial charge in [-0.15, -0.1) is 0 Å². The van der Waals surface area contributed by atoms with Crippen LogP contribution in [0.5, 0.6) is 11.5 Å². The maximum absolute atomic E-state index is 12.8. The van der Waals surface area contributed by atoms with Crippen LogP contribution in [-0.4, -0.2) is 25.0 Å². The van der Waals surface area contributed by atoms with Gasteiger partial charge in [0.1, 0.15) is 0 Å². The third-order valence-electron chi connectivity index (χ3n) is 3.84. The van der Waals surface area contributed by atoms with Crippen molar-refractivity contribution in [2.24, 2.45) is 0 Å². The molecular weight excluding hydrogens is 415 g/mol. The summed E-state index contributed by atoms with van der Waals surface area (Å²) in [5.41, 5.74) is 1.19. The molecule has 29 heavy (non-hydrogen) atoms. The lowest BCUT2D eigenvalue weighted by Crippen LogP contribution is -2.14. The van der Waals surface area contributed by atoms with Gasteiger partial charge in [0.05, 0.1) is 28.9 Å². The molecule has 0 unspecified atom stereocenters. The molecule has 0 fully saturated rings. The maximum atomic E-state index is 12.8. The number of hydrogen-bond donors (Lipinski definition) is 2. The van der Waals surface area contributed by atoms with Crippen LogP contribution in [0.1, 0.15) is 44.0 Å². The summed E-state index contributed by atoms with van der Waals surface area (Å²) < 4.78 is 11.2. The second kappa shape index (κ2) is 10.9. The number of ether oxygens (including phenoxy) is 2. The number of benzene rings is 2. The van der Waals surface area contributed by atoms with Crippen LogP contribution in [0.4, 0.5) is 11.4 Å². The van der Waals surface area contributed by atoms with E-state index in [2.05, 4.69) is 10.6 Å². The third kappa shape index (κ3) is 6.27. The van der Waals surface area contributed by atoms with Crippen molar-refractivity contribution in [3.8, 4) is 11.5 Å². The van der Waals surface area contributed by atoms with Crippen LogP contribution in [0, 0.1) is 0 Å². The van der Waals surface area contributed by atoms with E-state index in [1.807, 2.05) is 13.8 Å². The molecule has 0 saturated heterocycles. The second-order valence-electron chi connectivity index (χ2n) is 6.12. The van der Waals surface area contributed by atoms with Gasteiger partial charge in [0.2, 0.25) is 5.91 Å². The van der Waals surface area contributed by atoms with Gasteiger partial charge in [-0.2, -0.15) is 0 Å². The van der Waals surface area contributed by atoms with E-state index >= 15 is 0 Å². The first-order valence-electron chi connectivity index (χ1n) is 9.39. The van der Waals surface area contributed by atoms with Crippen LogP contribution in [-0.2, 0) is 4.79 Å². The van der Waals surface area contributed by atoms with Crippen molar-refractivity contribution in [3.05, 3.63) is 45.9 Å². The topological polar surface area (TPSA) is 76.7 Å². The number of carbonyl (C=O) groups excluding carboxylic acids is 2. The van der Waals surface area contributed by atoms with Gasteiger partial charge in [-0.05, 0) is 43.7 Å². The Kier molecular flexibility index (Phi) is 8.61. The summed E-state index contributed by atoms with van der Waals surface area (Å²) >= 11 is 12.5. The smallest absolute Gasteiger partial charge is 0.255 e. The highest BCUT2D eigenvalue weighted by atomic mass is 35.5. The highest BCUT2D eigenvalue weighted by Gasteiger charge is 2.17. The van der Waals surface area contributed by atoms with Gasteiger partial charge in [0, 0.05) is 17.7 Å². The highest BCUT2D eigenvalue weighted by molar-refractivity contribution is 6.34. The van der Waals surface area contributed by atoms with E-state index in [4.69, 9.17) is 32.7 Å². The molecule has 2 aromatic rings. The lowest BCUT2D eigenvalue weighted by atomic mass is 10.1. The van der Waals surface area contributed by atoms with Gasteiger partial charge in [-0.1, -0.05) is 37.0 Å². The summed E-state index contributed by atoms with van der Waals surface area (Å²) in [4.78, 5) is 24.4. The molecule has 0 spiro atoms. The van der Waals surface area contributed by atoms with Crippen LogP contribution >= 0.6 is 23.2 Å². The summed E-state index contributed by atoms with van der Waals surface area (Å²) in [5, 5.41) is 6.09. The standard InChI is InChI=1S/C21H24Cl2N2O4/c1-4-9-29-20-16(23)10-13(11-18(20)28-6-3)21(27)25-17-12-14(7-8-15(17)22)24-19(26)5-2/h7-8,10-12H,4-6,9H2,1-3H3,(H,24,26)(H,25,27). The first-order chi connectivity index (χ1) is 13.9. The predicted molar refractivity (Wildman–Crippen MR) is 117 cm³/mol. The molecule has 0 aliphatic rings. The number of nitrogens with one attached hydrogen (secondary N) is 2. The van der Waals surface area contributed by atoms with Crippen molar-refractivity contribution in [3.63, 3.8) is 0 Å². The fraction of sp³-hybridized carbons (Fsp3) is 0.333. The Morgan fingerprint density at radius 2 is 1.72 bits per heavy atom. The minimum absolute atomic E-state index is 0.139. The zero-order valence-electron chi connectivity index (χ0n) is 16.6. The lowest BCUT2D eigenvalue weighted by Gasteiger charge is -2.15. The average Bonchev–Trinajstić information content (AvgIpc) is 2.69.